The Morgan fingerprint density at radius 2 is 1.89 bits per heavy atom. The fraction of sp³-hybridized carbons (Fsp3) is 0.200. The molecule has 0 aliphatic rings. The Morgan fingerprint density at radius 3 is 2.56 bits per heavy atom. The van der Waals surface area contributed by atoms with Gasteiger partial charge in [-0.05, 0) is 43.2 Å². The highest BCUT2D eigenvalue weighted by Gasteiger charge is 2.11. The van der Waals surface area contributed by atoms with Crippen LogP contribution in [0.1, 0.15) is 24.1 Å². The van der Waals surface area contributed by atoms with Crippen LogP contribution in [-0.4, -0.2) is 0 Å². The van der Waals surface area contributed by atoms with E-state index in [0.29, 0.717) is 5.02 Å². The van der Waals surface area contributed by atoms with E-state index in [0.717, 1.165) is 11.3 Å². The summed E-state index contributed by atoms with van der Waals surface area (Å²) >= 11 is 6.05. The number of hydrogen-bond acceptors (Lipinski definition) is 1. The van der Waals surface area contributed by atoms with Crippen molar-refractivity contribution in [3.05, 3.63) is 64.4 Å². The molecule has 0 spiro atoms. The van der Waals surface area contributed by atoms with Crippen molar-refractivity contribution in [3.8, 4) is 0 Å². The molecule has 2 rings (SSSR count). The fourth-order valence-electron chi connectivity index (χ4n) is 1.90. The van der Waals surface area contributed by atoms with Crippen molar-refractivity contribution in [3.63, 3.8) is 0 Å². The monoisotopic (exact) mass is 263 g/mol. The summed E-state index contributed by atoms with van der Waals surface area (Å²) in [7, 11) is 0. The first-order valence-corrected chi connectivity index (χ1v) is 6.23. The SMILES string of the molecule is Cc1ccccc1NC(C)c1ccc(F)cc1Cl. The van der Waals surface area contributed by atoms with Gasteiger partial charge in [0.2, 0.25) is 0 Å². The molecule has 0 aliphatic carbocycles. The zero-order chi connectivity index (χ0) is 13.1. The minimum atomic E-state index is -0.313. The molecule has 1 nitrogen and oxygen atoms in total. The Labute approximate surface area is 112 Å². The van der Waals surface area contributed by atoms with Gasteiger partial charge in [0.1, 0.15) is 5.82 Å². The van der Waals surface area contributed by atoms with Gasteiger partial charge in [0.05, 0.1) is 6.04 Å². The van der Waals surface area contributed by atoms with E-state index in [4.69, 9.17) is 11.6 Å². The molecule has 94 valence electrons. The topological polar surface area (TPSA) is 12.0 Å². The zero-order valence-corrected chi connectivity index (χ0v) is 11.1. The lowest BCUT2D eigenvalue weighted by Gasteiger charge is -2.18. The van der Waals surface area contributed by atoms with Gasteiger partial charge < -0.3 is 5.32 Å². The van der Waals surface area contributed by atoms with E-state index in [1.54, 1.807) is 6.07 Å². The van der Waals surface area contributed by atoms with Crippen LogP contribution >= 0.6 is 11.6 Å². The van der Waals surface area contributed by atoms with Crippen LogP contribution in [0.2, 0.25) is 5.02 Å². The number of nitrogens with one attached hydrogen (secondary N) is 1. The normalized spacial score (nSPS) is 12.2. The first kappa shape index (κ1) is 12.9. The molecular formula is C15H15ClFN. The summed E-state index contributed by atoms with van der Waals surface area (Å²) in [4.78, 5) is 0. The van der Waals surface area contributed by atoms with Crippen molar-refractivity contribution >= 4 is 17.3 Å². The van der Waals surface area contributed by atoms with Crippen LogP contribution < -0.4 is 5.32 Å². The minimum absolute atomic E-state index is 0.0270. The van der Waals surface area contributed by atoms with Crippen molar-refractivity contribution in [2.24, 2.45) is 0 Å². The van der Waals surface area contributed by atoms with E-state index in [1.165, 1.54) is 17.7 Å². The van der Waals surface area contributed by atoms with Crippen molar-refractivity contribution in [1.82, 2.24) is 0 Å². The van der Waals surface area contributed by atoms with Gasteiger partial charge in [-0.25, -0.2) is 4.39 Å². The Kier molecular flexibility index (Phi) is 3.87. The van der Waals surface area contributed by atoms with Crippen LogP contribution in [0, 0.1) is 12.7 Å². The van der Waals surface area contributed by atoms with E-state index < -0.39 is 0 Å². The second kappa shape index (κ2) is 5.40. The number of hydrogen-bond donors (Lipinski definition) is 1. The Hall–Kier alpha value is -1.54. The van der Waals surface area contributed by atoms with E-state index in [-0.39, 0.29) is 11.9 Å². The fourth-order valence-corrected chi connectivity index (χ4v) is 2.23. The number of halogens is 2. The molecule has 0 aromatic heterocycles. The first-order valence-electron chi connectivity index (χ1n) is 5.85. The minimum Gasteiger partial charge on any atom is -0.378 e. The van der Waals surface area contributed by atoms with Crippen molar-refractivity contribution in [2.75, 3.05) is 5.32 Å². The van der Waals surface area contributed by atoms with Crippen molar-refractivity contribution in [1.29, 1.82) is 0 Å². The molecule has 1 unspecified atom stereocenters. The lowest BCUT2D eigenvalue weighted by Crippen LogP contribution is -2.08. The summed E-state index contributed by atoms with van der Waals surface area (Å²) in [5.74, 6) is -0.313. The summed E-state index contributed by atoms with van der Waals surface area (Å²) in [6.45, 7) is 4.05. The third kappa shape index (κ3) is 2.82. The molecule has 0 saturated carbocycles. The molecule has 0 amide bonds. The molecule has 0 fully saturated rings. The maximum Gasteiger partial charge on any atom is 0.124 e. The van der Waals surface area contributed by atoms with Gasteiger partial charge in [0.15, 0.2) is 0 Å². The highest BCUT2D eigenvalue weighted by molar-refractivity contribution is 6.31. The number of anilines is 1. The van der Waals surface area contributed by atoms with Crippen LogP contribution in [-0.2, 0) is 0 Å². The molecule has 1 N–H and O–H groups in total. The van der Waals surface area contributed by atoms with Gasteiger partial charge in [0.25, 0.3) is 0 Å². The molecule has 3 heteroatoms. The van der Waals surface area contributed by atoms with Crippen LogP contribution in [0.3, 0.4) is 0 Å². The van der Waals surface area contributed by atoms with Crippen LogP contribution in [0.4, 0.5) is 10.1 Å². The van der Waals surface area contributed by atoms with Gasteiger partial charge in [-0.15, -0.1) is 0 Å². The molecule has 1 atom stereocenters. The van der Waals surface area contributed by atoms with Crippen molar-refractivity contribution in [2.45, 2.75) is 19.9 Å². The Balaban J connectivity index is 2.22. The summed E-state index contributed by atoms with van der Waals surface area (Å²) in [5, 5.41) is 3.83. The summed E-state index contributed by atoms with van der Waals surface area (Å²) in [6.07, 6.45) is 0. The standard InChI is InChI=1S/C15H15ClFN/c1-10-5-3-4-6-15(10)18-11(2)13-8-7-12(17)9-14(13)16/h3-9,11,18H,1-2H3. The van der Waals surface area contributed by atoms with Gasteiger partial charge in [-0.3, -0.25) is 0 Å². The zero-order valence-electron chi connectivity index (χ0n) is 10.4. The average Bonchev–Trinajstić information content (AvgIpc) is 2.32. The average molecular weight is 264 g/mol. The Bertz CT molecular complexity index is 554. The predicted molar refractivity (Wildman–Crippen MR) is 74.6 cm³/mol. The predicted octanol–water partition coefficient (Wildman–Crippen LogP) is 4.96. The number of benzene rings is 2. The molecule has 18 heavy (non-hydrogen) atoms. The van der Waals surface area contributed by atoms with E-state index in [9.17, 15) is 4.39 Å². The Morgan fingerprint density at radius 1 is 1.17 bits per heavy atom. The smallest absolute Gasteiger partial charge is 0.124 e. The lowest BCUT2D eigenvalue weighted by molar-refractivity contribution is 0.626. The quantitative estimate of drug-likeness (QED) is 0.825. The number of para-hydroxylation sites is 1. The van der Waals surface area contributed by atoms with Crippen LogP contribution in [0.5, 0.6) is 0 Å². The lowest BCUT2D eigenvalue weighted by atomic mass is 10.1. The number of rotatable bonds is 3. The molecule has 0 radical (unpaired) electrons. The second-order valence-corrected chi connectivity index (χ2v) is 4.75. The van der Waals surface area contributed by atoms with Crippen molar-refractivity contribution < 1.29 is 4.39 Å². The van der Waals surface area contributed by atoms with Gasteiger partial charge >= 0.3 is 0 Å². The molecular weight excluding hydrogens is 249 g/mol. The van der Waals surface area contributed by atoms with Crippen LogP contribution in [0.25, 0.3) is 0 Å². The second-order valence-electron chi connectivity index (χ2n) is 4.35. The molecule has 2 aromatic carbocycles. The molecule has 0 heterocycles. The van der Waals surface area contributed by atoms with Gasteiger partial charge in [-0.2, -0.15) is 0 Å². The molecule has 0 saturated heterocycles. The summed E-state index contributed by atoms with van der Waals surface area (Å²) in [6, 6.07) is 12.5. The van der Waals surface area contributed by atoms with Gasteiger partial charge in [-0.1, -0.05) is 35.9 Å². The number of aryl methyl sites for hydroxylation is 1. The molecule has 0 bridgehead atoms. The largest absolute Gasteiger partial charge is 0.378 e. The molecule has 0 aliphatic heterocycles. The van der Waals surface area contributed by atoms with Crippen LogP contribution in [0.15, 0.2) is 42.5 Å². The van der Waals surface area contributed by atoms with Gasteiger partial charge in [0, 0.05) is 10.7 Å². The third-order valence-corrected chi connectivity index (χ3v) is 3.27. The summed E-state index contributed by atoms with van der Waals surface area (Å²) < 4.78 is 13.0. The third-order valence-electron chi connectivity index (χ3n) is 2.95. The van der Waals surface area contributed by atoms with E-state index >= 15 is 0 Å². The highest BCUT2D eigenvalue weighted by Crippen LogP contribution is 2.27. The summed E-state index contributed by atoms with van der Waals surface area (Å²) in [5.41, 5.74) is 3.12. The van der Waals surface area contributed by atoms with E-state index in [2.05, 4.69) is 5.32 Å². The van der Waals surface area contributed by atoms with E-state index in [1.807, 2.05) is 38.1 Å². The first-order chi connectivity index (χ1) is 8.58. The molecule has 2 aromatic rings. The highest BCUT2D eigenvalue weighted by atomic mass is 35.5. The maximum absolute atomic E-state index is 13.0. The maximum atomic E-state index is 13.0.